The number of ether oxygens (including phenoxy) is 1. The van der Waals surface area contributed by atoms with Crippen molar-refractivity contribution in [2.75, 3.05) is 46.4 Å². The van der Waals surface area contributed by atoms with E-state index in [2.05, 4.69) is 25.3 Å². The number of methoxy groups -OCH3 is 1. The van der Waals surface area contributed by atoms with E-state index in [4.69, 9.17) is 9.26 Å². The molecule has 0 saturated carbocycles. The Morgan fingerprint density at radius 3 is 2.68 bits per heavy atom. The van der Waals surface area contributed by atoms with Gasteiger partial charge in [-0.05, 0) is 37.2 Å². The molecule has 0 bridgehead atoms. The van der Waals surface area contributed by atoms with E-state index in [1.807, 2.05) is 24.3 Å². The molecule has 1 unspecified atom stereocenters. The Labute approximate surface area is 147 Å². The lowest BCUT2D eigenvalue weighted by molar-refractivity contribution is 0.0908. The molecule has 1 N–H and O–H groups in total. The molecule has 4 rings (SSSR count). The summed E-state index contributed by atoms with van der Waals surface area (Å²) in [5, 5.41) is 7.56. The van der Waals surface area contributed by atoms with Crippen molar-refractivity contribution in [1.29, 1.82) is 0 Å². The van der Waals surface area contributed by atoms with Crippen LogP contribution in [0.5, 0.6) is 5.75 Å². The number of hydrogen-bond donors (Lipinski definition) is 1. The molecule has 0 amide bonds. The predicted molar refractivity (Wildman–Crippen MR) is 94.4 cm³/mol. The van der Waals surface area contributed by atoms with Crippen LogP contribution in [0.1, 0.15) is 12.3 Å². The van der Waals surface area contributed by atoms with Gasteiger partial charge in [-0.25, -0.2) is 0 Å². The third-order valence-electron chi connectivity index (χ3n) is 5.13. The monoisotopic (exact) mass is 343 g/mol. The number of benzene rings is 1. The summed E-state index contributed by atoms with van der Waals surface area (Å²) in [4.78, 5) is 9.54. The number of piperazine rings is 1. The van der Waals surface area contributed by atoms with E-state index in [1.54, 1.807) is 7.11 Å². The maximum Gasteiger partial charge on any atom is 0.241 e. The Morgan fingerprint density at radius 1 is 1.20 bits per heavy atom. The summed E-state index contributed by atoms with van der Waals surface area (Å²) in [5.41, 5.74) is 0.939. The summed E-state index contributed by atoms with van der Waals surface area (Å²) >= 11 is 0. The molecule has 0 spiro atoms. The second-order valence-corrected chi connectivity index (χ2v) is 6.70. The second kappa shape index (κ2) is 7.51. The summed E-state index contributed by atoms with van der Waals surface area (Å²) in [6.07, 6.45) is 1.27. The molecule has 1 atom stereocenters. The molecule has 2 aliphatic rings. The first-order valence-electron chi connectivity index (χ1n) is 8.96. The van der Waals surface area contributed by atoms with Crippen molar-refractivity contribution in [2.45, 2.75) is 19.0 Å². The quantitative estimate of drug-likeness (QED) is 0.876. The summed E-state index contributed by atoms with van der Waals surface area (Å²) in [6.45, 7) is 7.35. The van der Waals surface area contributed by atoms with Gasteiger partial charge in [0.1, 0.15) is 5.75 Å². The topological polar surface area (TPSA) is 66.7 Å². The van der Waals surface area contributed by atoms with Gasteiger partial charge in [0.15, 0.2) is 0 Å². The lowest BCUT2D eigenvalue weighted by atomic mass is 10.2. The molecule has 7 nitrogen and oxygen atoms in total. The third kappa shape index (κ3) is 3.84. The fraction of sp³-hybridized carbons (Fsp3) is 0.556. The van der Waals surface area contributed by atoms with Gasteiger partial charge in [0.05, 0.1) is 13.7 Å². The van der Waals surface area contributed by atoms with Crippen LogP contribution in [0, 0.1) is 0 Å². The molecule has 25 heavy (non-hydrogen) atoms. The summed E-state index contributed by atoms with van der Waals surface area (Å²) < 4.78 is 10.6. The summed E-state index contributed by atoms with van der Waals surface area (Å²) in [7, 11) is 1.66. The SMILES string of the molecule is COc1ccc(-c2noc(CN3CCN(C4CCNC4)CC3)n2)cc1. The largest absolute Gasteiger partial charge is 0.497 e. The minimum Gasteiger partial charge on any atom is -0.497 e. The smallest absolute Gasteiger partial charge is 0.241 e. The van der Waals surface area contributed by atoms with Crippen molar-refractivity contribution < 1.29 is 9.26 Å². The predicted octanol–water partition coefficient (Wildman–Crippen LogP) is 1.22. The number of nitrogens with one attached hydrogen (secondary N) is 1. The Morgan fingerprint density at radius 2 is 2.00 bits per heavy atom. The van der Waals surface area contributed by atoms with Gasteiger partial charge in [-0.3, -0.25) is 9.80 Å². The Balaban J connectivity index is 1.32. The average Bonchev–Trinajstić information content (AvgIpc) is 3.35. The maximum atomic E-state index is 5.45. The van der Waals surface area contributed by atoms with Crippen LogP contribution in [0.2, 0.25) is 0 Å². The van der Waals surface area contributed by atoms with Crippen LogP contribution >= 0.6 is 0 Å². The number of hydrogen-bond acceptors (Lipinski definition) is 7. The van der Waals surface area contributed by atoms with Gasteiger partial charge >= 0.3 is 0 Å². The zero-order chi connectivity index (χ0) is 17.1. The third-order valence-corrected chi connectivity index (χ3v) is 5.13. The highest BCUT2D eigenvalue weighted by molar-refractivity contribution is 5.55. The van der Waals surface area contributed by atoms with Gasteiger partial charge in [0, 0.05) is 44.3 Å². The minimum atomic E-state index is 0.633. The summed E-state index contributed by atoms with van der Waals surface area (Å²) in [5.74, 6) is 2.14. The molecule has 2 aromatic rings. The van der Waals surface area contributed by atoms with Crippen LogP contribution in [0.3, 0.4) is 0 Å². The molecular formula is C18H25N5O2. The highest BCUT2D eigenvalue weighted by atomic mass is 16.5. The first-order chi connectivity index (χ1) is 12.3. The van der Waals surface area contributed by atoms with Gasteiger partial charge < -0.3 is 14.6 Å². The maximum absolute atomic E-state index is 5.45. The fourth-order valence-corrected chi connectivity index (χ4v) is 3.61. The Hall–Kier alpha value is -1.96. The minimum absolute atomic E-state index is 0.633. The van der Waals surface area contributed by atoms with Crippen LogP contribution in [0.4, 0.5) is 0 Å². The van der Waals surface area contributed by atoms with Gasteiger partial charge in [0.25, 0.3) is 0 Å². The number of nitrogens with zero attached hydrogens (tertiary/aromatic N) is 4. The molecular weight excluding hydrogens is 318 g/mol. The van der Waals surface area contributed by atoms with E-state index in [9.17, 15) is 0 Å². The van der Waals surface area contributed by atoms with Crippen molar-refractivity contribution in [3.8, 4) is 17.1 Å². The molecule has 1 aromatic heterocycles. The van der Waals surface area contributed by atoms with Crippen molar-refractivity contribution in [3.63, 3.8) is 0 Å². The van der Waals surface area contributed by atoms with Crippen molar-refractivity contribution in [2.24, 2.45) is 0 Å². The number of rotatable bonds is 5. The standard InChI is InChI=1S/C18H25N5O2/c1-24-16-4-2-14(3-5-16)18-20-17(25-21-18)13-22-8-10-23(11-9-22)15-6-7-19-12-15/h2-5,15,19H,6-13H2,1H3. The molecule has 7 heteroatoms. The molecule has 0 aliphatic carbocycles. The molecule has 2 aliphatic heterocycles. The Kier molecular flexibility index (Phi) is 4.96. The first-order valence-corrected chi connectivity index (χ1v) is 8.96. The zero-order valence-corrected chi connectivity index (χ0v) is 14.6. The lowest BCUT2D eigenvalue weighted by Crippen LogP contribution is -2.50. The lowest BCUT2D eigenvalue weighted by Gasteiger charge is -2.37. The van der Waals surface area contributed by atoms with Crippen molar-refractivity contribution in [1.82, 2.24) is 25.3 Å². The van der Waals surface area contributed by atoms with Gasteiger partial charge in [-0.2, -0.15) is 4.98 Å². The average molecular weight is 343 g/mol. The molecule has 2 fully saturated rings. The van der Waals surface area contributed by atoms with E-state index >= 15 is 0 Å². The molecule has 3 heterocycles. The van der Waals surface area contributed by atoms with Gasteiger partial charge in [0.2, 0.25) is 11.7 Å². The van der Waals surface area contributed by atoms with E-state index in [0.717, 1.165) is 57.1 Å². The van der Waals surface area contributed by atoms with E-state index in [-0.39, 0.29) is 0 Å². The zero-order valence-electron chi connectivity index (χ0n) is 14.6. The van der Waals surface area contributed by atoms with Gasteiger partial charge in [-0.1, -0.05) is 5.16 Å². The molecule has 2 saturated heterocycles. The van der Waals surface area contributed by atoms with Crippen LogP contribution in [0.25, 0.3) is 11.4 Å². The highest BCUT2D eigenvalue weighted by Crippen LogP contribution is 2.20. The van der Waals surface area contributed by atoms with E-state index in [1.165, 1.54) is 6.42 Å². The molecule has 0 radical (unpaired) electrons. The first kappa shape index (κ1) is 16.5. The van der Waals surface area contributed by atoms with Crippen molar-refractivity contribution >= 4 is 0 Å². The van der Waals surface area contributed by atoms with Gasteiger partial charge in [-0.15, -0.1) is 0 Å². The molecule has 134 valence electrons. The van der Waals surface area contributed by atoms with Crippen LogP contribution in [0.15, 0.2) is 28.8 Å². The van der Waals surface area contributed by atoms with E-state index in [0.29, 0.717) is 17.8 Å². The second-order valence-electron chi connectivity index (χ2n) is 6.70. The van der Waals surface area contributed by atoms with Crippen molar-refractivity contribution in [3.05, 3.63) is 30.2 Å². The summed E-state index contributed by atoms with van der Waals surface area (Å²) in [6, 6.07) is 8.42. The fourth-order valence-electron chi connectivity index (χ4n) is 3.61. The van der Waals surface area contributed by atoms with E-state index < -0.39 is 0 Å². The Bertz CT molecular complexity index is 673. The number of aromatic nitrogens is 2. The molecule has 1 aromatic carbocycles. The van der Waals surface area contributed by atoms with Crippen LogP contribution < -0.4 is 10.1 Å². The van der Waals surface area contributed by atoms with Crippen LogP contribution in [-0.2, 0) is 6.54 Å². The highest BCUT2D eigenvalue weighted by Gasteiger charge is 2.26. The van der Waals surface area contributed by atoms with Crippen LogP contribution in [-0.4, -0.2) is 72.4 Å². The normalized spacial score (nSPS) is 22.4.